The van der Waals surface area contributed by atoms with Gasteiger partial charge in [0, 0.05) is 12.6 Å². The first-order valence-corrected chi connectivity index (χ1v) is 8.24. The number of hydrogen-bond acceptors (Lipinski definition) is 4. The second-order valence-corrected chi connectivity index (χ2v) is 7.07. The molecule has 1 fully saturated rings. The number of aromatic nitrogens is 1. The van der Waals surface area contributed by atoms with E-state index in [0.29, 0.717) is 30.4 Å². The zero-order valence-corrected chi connectivity index (χ0v) is 12.6. The molecule has 1 atom stereocenters. The predicted octanol–water partition coefficient (Wildman–Crippen LogP) is 2.79. The van der Waals surface area contributed by atoms with Gasteiger partial charge in [0.2, 0.25) is 10.0 Å². The molecule has 1 aromatic carbocycles. The molecule has 0 amide bonds. The summed E-state index contributed by atoms with van der Waals surface area (Å²) in [5, 5.41) is 3.85. The summed E-state index contributed by atoms with van der Waals surface area (Å²) < 4.78 is 58.6. The van der Waals surface area contributed by atoms with E-state index < -0.39 is 32.6 Å². The number of aryl methyl sites for hydroxylation is 1. The van der Waals surface area contributed by atoms with E-state index in [-0.39, 0.29) is 6.54 Å². The van der Waals surface area contributed by atoms with Gasteiger partial charge in [-0.2, -0.15) is 4.31 Å². The van der Waals surface area contributed by atoms with Crippen LogP contribution < -0.4 is 0 Å². The van der Waals surface area contributed by atoms with Crippen LogP contribution in [0, 0.1) is 18.6 Å². The van der Waals surface area contributed by atoms with Crippen LogP contribution in [0.25, 0.3) is 0 Å². The summed E-state index contributed by atoms with van der Waals surface area (Å²) in [7, 11) is -4.14. The van der Waals surface area contributed by atoms with Gasteiger partial charge in [-0.15, -0.1) is 0 Å². The molecule has 5 nitrogen and oxygen atoms in total. The van der Waals surface area contributed by atoms with E-state index in [1.54, 1.807) is 13.0 Å². The molecule has 1 saturated heterocycles. The van der Waals surface area contributed by atoms with Gasteiger partial charge in [0.15, 0.2) is 0 Å². The van der Waals surface area contributed by atoms with Crippen molar-refractivity contribution in [3.8, 4) is 0 Å². The lowest BCUT2D eigenvalue weighted by molar-refractivity contribution is 0.348. The molecular weight excluding hydrogens is 314 g/mol. The van der Waals surface area contributed by atoms with E-state index in [2.05, 4.69) is 5.16 Å². The molecule has 2 heterocycles. The molecule has 0 bridgehead atoms. The fraction of sp³-hybridized carbons (Fsp3) is 0.357. The maximum atomic E-state index is 13.8. The topological polar surface area (TPSA) is 63.4 Å². The van der Waals surface area contributed by atoms with Gasteiger partial charge in [0.1, 0.15) is 28.0 Å². The van der Waals surface area contributed by atoms with Crippen LogP contribution in [0.3, 0.4) is 0 Å². The smallest absolute Gasteiger partial charge is 0.246 e. The highest BCUT2D eigenvalue weighted by Crippen LogP contribution is 2.36. The Bertz CT molecular complexity index is 804. The van der Waals surface area contributed by atoms with Crippen molar-refractivity contribution in [3.05, 3.63) is 47.4 Å². The average molecular weight is 328 g/mol. The molecule has 3 rings (SSSR count). The SMILES string of the molecule is Cc1cc([C@H]2CCCN2S(=O)(=O)c2cc(F)ccc2F)no1. The van der Waals surface area contributed by atoms with Gasteiger partial charge in [0.05, 0.1) is 6.04 Å². The molecular formula is C14H14F2N2O3S. The van der Waals surface area contributed by atoms with Gasteiger partial charge in [-0.3, -0.25) is 0 Å². The summed E-state index contributed by atoms with van der Waals surface area (Å²) in [5.74, 6) is -1.20. The average Bonchev–Trinajstić information content (AvgIpc) is 3.09. The van der Waals surface area contributed by atoms with Crippen LogP contribution in [0.15, 0.2) is 33.7 Å². The second-order valence-electron chi connectivity index (χ2n) is 5.21. The standard InChI is InChI=1S/C14H14F2N2O3S/c1-9-7-12(17-21-9)13-3-2-6-18(13)22(19,20)14-8-10(15)4-5-11(14)16/h4-5,7-8,13H,2-3,6H2,1H3/t13-/m1/s1. The highest BCUT2D eigenvalue weighted by atomic mass is 32.2. The van der Waals surface area contributed by atoms with Crippen molar-refractivity contribution in [3.63, 3.8) is 0 Å². The summed E-state index contributed by atoms with van der Waals surface area (Å²) >= 11 is 0. The Labute approximate surface area is 126 Å². The van der Waals surface area contributed by atoms with E-state index in [4.69, 9.17) is 4.52 Å². The van der Waals surface area contributed by atoms with Gasteiger partial charge >= 0.3 is 0 Å². The molecule has 1 aliphatic rings. The van der Waals surface area contributed by atoms with E-state index in [9.17, 15) is 17.2 Å². The number of nitrogens with zero attached hydrogens (tertiary/aromatic N) is 2. The Morgan fingerprint density at radius 2 is 2.09 bits per heavy atom. The highest BCUT2D eigenvalue weighted by molar-refractivity contribution is 7.89. The Morgan fingerprint density at radius 1 is 1.32 bits per heavy atom. The number of halogens is 2. The minimum absolute atomic E-state index is 0.231. The fourth-order valence-electron chi connectivity index (χ4n) is 2.67. The van der Waals surface area contributed by atoms with Gasteiger partial charge in [-0.1, -0.05) is 5.16 Å². The Balaban J connectivity index is 2.02. The van der Waals surface area contributed by atoms with Crippen LogP contribution in [0.4, 0.5) is 8.78 Å². The van der Waals surface area contributed by atoms with E-state index in [1.165, 1.54) is 0 Å². The van der Waals surface area contributed by atoms with Crippen molar-refractivity contribution in [2.45, 2.75) is 30.7 Å². The zero-order chi connectivity index (χ0) is 15.9. The maximum Gasteiger partial charge on any atom is 0.246 e. The Morgan fingerprint density at radius 3 is 2.77 bits per heavy atom. The lowest BCUT2D eigenvalue weighted by Crippen LogP contribution is -2.31. The Hall–Kier alpha value is -1.80. The van der Waals surface area contributed by atoms with Gasteiger partial charge < -0.3 is 4.52 Å². The van der Waals surface area contributed by atoms with Gasteiger partial charge in [-0.25, -0.2) is 17.2 Å². The summed E-state index contributed by atoms with van der Waals surface area (Å²) in [6.45, 7) is 1.94. The fourth-order valence-corrected chi connectivity index (χ4v) is 4.41. The number of sulfonamides is 1. The summed E-state index contributed by atoms with van der Waals surface area (Å²) in [6.07, 6.45) is 1.18. The van der Waals surface area contributed by atoms with Gasteiger partial charge in [0.25, 0.3) is 0 Å². The Kier molecular flexibility index (Phi) is 3.73. The largest absolute Gasteiger partial charge is 0.361 e. The molecule has 0 N–H and O–H groups in total. The van der Waals surface area contributed by atoms with Crippen LogP contribution >= 0.6 is 0 Å². The minimum Gasteiger partial charge on any atom is -0.361 e. The summed E-state index contributed by atoms with van der Waals surface area (Å²) in [5.41, 5.74) is 0.482. The van der Waals surface area contributed by atoms with Gasteiger partial charge in [-0.05, 0) is 38.0 Å². The third kappa shape index (κ3) is 2.52. The summed E-state index contributed by atoms with van der Waals surface area (Å²) in [4.78, 5) is -0.653. The molecule has 1 aromatic heterocycles. The van der Waals surface area contributed by atoms with Crippen molar-refractivity contribution in [1.82, 2.24) is 9.46 Å². The van der Waals surface area contributed by atoms with Crippen molar-refractivity contribution in [2.24, 2.45) is 0 Å². The molecule has 0 saturated carbocycles. The first-order chi connectivity index (χ1) is 10.4. The molecule has 1 aliphatic heterocycles. The number of benzene rings is 1. The molecule has 0 spiro atoms. The first kappa shape index (κ1) is 15.1. The lowest BCUT2D eigenvalue weighted by Gasteiger charge is -2.22. The van der Waals surface area contributed by atoms with E-state index in [1.807, 2.05) is 0 Å². The third-order valence-corrected chi connectivity index (χ3v) is 5.59. The molecule has 0 radical (unpaired) electrons. The number of rotatable bonds is 3. The first-order valence-electron chi connectivity index (χ1n) is 6.80. The molecule has 22 heavy (non-hydrogen) atoms. The van der Waals surface area contributed by atoms with Crippen LogP contribution in [-0.4, -0.2) is 24.4 Å². The van der Waals surface area contributed by atoms with E-state index >= 15 is 0 Å². The van der Waals surface area contributed by atoms with Crippen LogP contribution in [0.5, 0.6) is 0 Å². The maximum absolute atomic E-state index is 13.8. The van der Waals surface area contributed by atoms with Crippen molar-refractivity contribution in [1.29, 1.82) is 0 Å². The van der Waals surface area contributed by atoms with Crippen LogP contribution in [-0.2, 0) is 10.0 Å². The van der Waals surface area contributed by atoms with Crippen molar-refractivity contribution >= 4 is 10.0 Å². The molecule has 0 aliphatic carbocycles. The zero-order valence-electron chi connectivity index (χ0n) is 11.8. The van der Waals surface area contributed by atoms with Crippen LogP contribution in [0.1, 0.15) is 30.3 Å². The molecule has 118 valence electrons. The highest BCUT2D eigenvalue weighted by Gasteiger charge is 2.39. The predicted molar refractivity (Wildman–Crippen MR) is 73.5 cm³/mol. The quantitative estimate of drug-likeness (QED) is 0.869. The number of hydrogen-bond donors (Lipinski definition) is 0. The summed E-state index contributed by atoms with van der Waals surface area (Å²) in [6, 6.07) is 3.53. The normalized spacial score (nSPS) is 19.7. The lowest BCUT2D eigenvalue weighted by atomic mass is 10.1. The molecule has 8 heteroatoms. The van der Waals surface area contributed by atoms with Crippen molar-refractivity contribution < 1.29 is 21.7 Å². The monoisotopic (exact) mass is 328 g/mol. The molecule has 2 aromatic rings. The minimum atomic E-state index is -4.14. The molecule has 0 unspecified atom stereocenters. The van der Waals surface area contributed by atoms with Crippen LogP contribution in [0.2, 0.25) is 0 Å². The third-order valence-electron chi connectivity index (χ3n) is 3.67. The van der Waals surface area contributed by atoms with E-state index in [0.717, 1.165) is 16.4 Å². The second kappa shape index (κ2) is 5.44. The van der Waals surface area contributed by atoms with Crippen molar-refractivity contribution in [2.75, 3.05) is 6.54 Å².